The molecule has 0 saturated carbocycles. The van der Waals surface area contributed by atoms with E-state index in [2.05, 4.69) is 6.58 Å². The number of hydrogen-bond donors (Lipinski definition) is 1. The average molecular weight is 303 g/mol. The minimum Gasteiger partial charge on any atom is -0.481 e. The molecule has 1 aliphatic heterocycles. The number of carbonyl (C=O) groups excluding carboxylic acids is 1. The fourth-order valence-corrected chi connectivity index (χ4v) is 2.80. The second kappa shape index (κ2) is 7.11. The smallest absolute Gasteiger partial charge is 0.410 e. The quantitative estimate of drug-likeness (QED) is 0.849. The van der Waals surface area contributed by atoms with Gasteiger partial charge in [0.15, 0.2) is 0 Å². The molecule has 22 heavy (non-hydrogen) atoms. The SMILES string of the molecule is C=CC[C@@]1(C(=O)O)CCCN(C(=O)OCc2ccccc2)C1. The van der Waals surface area contributed by atoms with Crippen LogP contribution in [0, 0.1) is 5.41 Å². The molecule has 1 aliphatic rings. The summed E-state index contributed by atoms with van der Waals surface area (Å²) in [6.07, 6.45) is 2.70. The number of carbonyl (C=O) groups is 2. The number of carboxylic acids is 1. The van der Waals surface area contributed by atoms with Crippen LogP contribution in [-0.4, -0.2) is 35.2 Å². The van der Waals surface area contributed by atoms with E-state index in [0.717, 1.165) is 5.56 Å². The van der Waals surface area contributed by atoms with Gasteiger partial charge in [-0.2, -0.15) is 0 Å². The Morgan fingerprint density at radius 2 is 2.09 bits per heavy atom. The van der Waals surface area contributed by atoms with Crippen LogP contribution in [0.3, 0.4) is 0 Å². The van der Waals surface area contributed by atoms with Crippen LogP contribution in [0.25, 0.3) is 0 Å². The zero-order valence-electron chi connectivity index (χ0n) is 12.5. The van der Waals surface area contributed by atoms with Crippen LogP contribution >= 0.6 is 0 Å². The molecule has 1 fully saturated rings. The molecule has 1 atom stereocenters. The Hall–Kier alpha value is -2.30. The molecule has 0 aliphatic carbocycles. The monoisotopic (exact) mass is 303 g/mol. The maximum Gasteiger partial charge on any atom is 0.410 e. The molecule has 1 aromatic carbocycles. The summed E-state index contributed by atoms with van der Waals surface area (Å²) in [5.41, 5.74) is -0.0328. The lowest BCUT2D eigenvalue weighted by Crippen LogP contribution is -2.49. The van der Waals surface area contributed by atoms with Gasteiger partial charge in [0.25, 0.3) is 0 Å². The number of ether oxygens (including phenoxy) is 1. The predicted octanol–water partition coefficient (Wildman–Crippen LogP) is 3.07. The van der Waals surface area contributed by atoms with Crippen LogP contribution in [0.1, 0.15) is 24.8 Å². The van der Waals surface area contributed by atoms with Crippen LogP contribution in [-0.2, 0) is 16.1 Å². The molecule has 118 valence electrons. The van der Waals surface area contributed by atoms with E-state index in [1.165, 1.54) is 4.90 Å². The number of nitrogens with zero attached hydrogens (tertiary/aromatic N) is 1. The van der Waals surface area contributed by atoms with Gasteiger partial charge < -0.3 is 14.7 Å². The van der Waals surface area contributed by atoms with Crippen molar-refractivity contribution in [3.63, 3.8) is 0 Å². The number of benzene rings is 1. The fraction of sp³-hybridized carbons (Fsp3) is 0.412. The Labute approximate surface area is 130 Å². The van der Waals surface area contributed by atoms with E-state index in [9.17, 15) is 14.7 Å². The maximum absolute atomic E-state index is 12.2. The van der Waals surface area contributed by atoms with Crippen molar-refractivity contribution in [2.24, 2.45) is 5.41 Å². The Morgan fingerprint density at radius 3 is 2.73 bits per heavy atom. The van der Waals surface area contributed by atoms with E-state index < -0.39 is 17.5 Å². The third-order valence-electron chi connectivity index (χ3n) is 4.03. The molecule has 0 radical (unpaired) electrons. The number of carboxylic acid groups (broad SMARTS) is 1. The Kier molecular flexibility index (Phi) is 5.20. The van der Waals surface area contributed by atoms with E-state index in [1.54, 1.807) is 6.08 Å². The lowest BCUT2D eigenvalue weighted by Gasteiger charge is -2.38. The summed E-state index contributed by atoms with van der Waals surface area (Å²) in [5.74, 6) is -0.882. The van der Waals surface area contributed by atoms with Gasteiger partial charge >= 0.3 is 12.1 Å². The lowest BCUT2D eigenvalue weighted by atomic mass is 9.77. The molecular weight excluding hydrogens is 282 g/mol. The first kappa shape index (κ1) is 16.1. The normalized spacial score (nSPS) is 21.2. The van der Waals surface area contributed by atoms with Crippen molar-refractivity contribution in [3.05, 3.63) is 48.6 Å². The van der Waals surface area contributed by atoms with Gasteiger partial charge in [-0.25, -0.2) is 4.79 Å². The fourth-order valence-electron chi connectivity index (χ4n) is 2.80. The highest BCUT2D eigenvalue weighted by Gasteiger charge is 2.43. The van der Waals surface area contributed by atoms with Crippen molar-refractivity contribution < 1.29 is 19.4 Å². The summed E-state index contributed by atoms with van der Waals surface area (Å²) in [6, 6.07) is 9.41. The van der Waals surface area contributed by atoms with Crippen LogP contribution in [0.5, 0.6) is 0 Å². The molecule has 0 spiro atoms. The summed E-state index contributed by atoms with van der Waals surface area (Å²) in [4.78, 5) is 25.2. The molecule has 1 amide bonds. The third kappa shape index (κ3) is 3.67. The molecule has 1 saturated heterocycles. The largest absolute Gasteiger partial charge is 0.481 e. The molecule has 0 unspecified atom stereocenters. The summed E-state index contributed by atoms with van der Waals surface area (Å²) in [7, 11) is 0. The van der Waals surface area contributed by atoms with Crippen molar-refractivity contribution in [2.45, 2.75) is 25.9 Å². The van der Waals surface area contributed by atoms with E-state index in [4.69, 9.17) is 4.74 Å². The number of allylic oxidation sites excluding steroid dienone is 1. The molecule has 0 aromatic heterocycles. The zero-order chi connectivity index (χ0) is 16.0. The first-order chi connectivity index (χ1) is 10.6. The number of amides is 1. The molecule has 2 rings (SSSR count). The molecule has 0 bridgehead atoms. The van der Waals surface area contributed by atoms with Crippen molar-refractivity contribution in [3.8, 4) is 0 Å². The van der Waals surface area contributed by atoms with Crippen molar-refractivity contribution in [2.75, 3.05) is 13.1 Å². The maximum atomic E-state index is 12.2. The summed E-state index contributed by atoms with van der Waals surface area (Å²) >= 11 is 0. The first-order valence-electron chi connectivity index (χ1n) is 7.37. The second-order valence-corrected chi connectivity index (χ2v) is 5.64. The number of likely N-dealkylation sites (tertiary alicyclic amines) is 1. The van der Waals surface area contributed by atoms with Crippen molar-refractivity contribution in [1.29, 1.82) is 0 Å². The molecule has 5 heteroatoms. The minimum absolute atomic E-state index is 0.169. The number of rotatable bonds is 5. The van der Waals surface area contributed by atoms with Gasteiger partial charge in [-0.1, -0.05) is 36.4 Å². The van der Waals surface area contributed by atoms with Gasteiger partial charge in [-0.3, -0.25) is 4.79 Å². The van der Waals surface area contributed by atoms with E-state index in [0.29, 0.717) is 25.8 Å². The van der Waals surface area contributed by atoms with E-state index >= 15 is 0 Å². The molecule has 1 aromatic rings. The van der Waals surface area contributed by atoms with Gasteiger partial charge in [0.05, 0.1) is 5.41 Å². The van der Waals surface area contributed by atoms with Crippen molar-refractivity contribution in [1.82, 2.24) is 4.90 Å². The number of aliphatic carboxylic acids is 1. The van der Waals surface area contributed by atoms with Crippen LogP contribution in [0.4, 0.5) is 4.79 Å². The van der Waals surface area contributed by atoms with Gasteiger partial charge in [0.1, 0.15) is 6.61 Å². The standard InChI is InChI=1S/C17H21NO4/c1-2-9-17(15(19)20)10-6-11-18(13-17)16(21)22-12-14-7-4-3-5-8-14/h2-5,7-8H,1,6,9-13H2,(H,19,20)/t17-/m1/s1. The molecule has 1 N–H and O–H groups in total. The van der Waals surface area contributed by atoms with E-state index in [-0.39, 0.29) is 13.2 Å². The second-order valence-electron chi connectivity index (χ2n) is 5.64. The van der Waals surface area contributed by atoms with Crippen LogP contribution < -0.4 is 0 Å². The first-order valence-corrected chi connectivity index (χ1v) is 7.37. The Bertz CT molecular complexity index is 543. The zero-order valence-corrected chi connectivity index (χ0v) is 12.5. The van der Waals surface area contributed by atoms with Gasteiger partial charge in [-0.15, -0.1) is 6.58 Å². The lowest BCUT2D eigenvalue weighted by molar-refractivity contribution is -0.151. The predicted molar refractivity (Wildman–Crippen MR) is 82.3 cm³/mol. The number of hydrogen-bond acceptors (Lipinski definition) is 3. The highest BCUT2D eigenvalue weighted by Crippen LogP contribution is 2.34. The Balaban J connectivity index is 1.97. The van der Waals surface area contributed by atoms with Crippen molar-refractivity contribution >= 4 is 12.1 Å². The average Bonchev–Trinajstić information content (AvgIpc) is 2.54. The molecule has 1 heterocycles. The summed E-state index contributed by atoms with van der Waals surface area (Å²) < 4.78 is 5.29. The van der Waals surface area contributed by atoms with Gasteiger partial charge in [-0.05, 0) is 24.8 Å². The van der Waals surface area contributed by atoms with Gasteiger partial charge in [0.2, 0.25) is 0 Å². The highest BCUT2D eigenvalue weighted by molar-refractivity contribution is 5.77. The topological polar surface area (TPSA) is 66.8 Å². The Morgan fingerprint density at radius 1 is 1.36 bits per heavy atom. The molecule has 5 nitrogen and oxygen atoms in total. The number of piperidine rings is 1. The third-order valence-corrected chi connectivity index (χ3v) is 4.03. The summed E-state index contributed by atoms with van der Waals surface area (Å²) in [5, 5.41) is 9.50. The van der Waals surface area contributed by atoms with Crippen LogP contribution in [0.2, 0.25) is 0 Å². The van der Waals surface area contributed by atoms with Crippen LogP contribution in [0.15, 0.2) is 43.0 Å². The van der Waals surface area contributed by atoms with E-state index in [1.807, 2.05) is 30.3 Å². The molecular formula is C17H21NO4. The summed E-state index contributed by atoms with van der Waals surface area (Å²) in [6.45, 7) is 4.52. The minimum atomic E-state index is -0.939. The van der Waals surface area contributed by atoms with Gasteiger partial charge in [0, 0.05) is 13.1 Å². The highest BCUT2D eigenvalue weighted by atomic mass is 16.6.